The zero-order chi connectivity index (χ0) is 22.4. The molecule has 0 aliphatic heterocycles. The average molecular weight is 425 g/mol. The Kier molecular flexibility index (Phi) is 6.71. The third kappa shape index (κ3) is 5.72. The maximum atomic E-state index is 13.1. The van der Waals surface area contributed by atoms with Crippen LogP contribution in [0.15, 0.2) is 54.9 Å². The Morgan fingerprint density at radius 1 is 1.03 bits per heavy atom. The molecule has 0 aliphatic carbocycles. The molecule has 0 atom stereocenters. The van der Waals surface area contributed by atoms with Gasteiger partial charge in [0.15, 0.2) is 0 Å². The first-order valence-corrected chi connectivity index (χ1v) is 9.39. The number of esters is 1. The van der Waals surface area contributed by atoms with Crippen molar-refractivity contribution in [1.82, 2.24) is 9.97 Å². The van der Waals surface area contributed by atoms with Gasteiger partial charge in [0.05, 0.1) is 17.1 Å². The van der Waals surface area contributed by atoms with Crippen LogP contribution in [0.4, 0.5) is 33.1 Å². The fourth-order valence-corrected chi connectivity index (χ4v) is 2.56. The van der Waals surface area contributed by atoms with Crippen molar-refractivity contribution in [2.75, 3.05) is 17.2 Å². The number of aromatic nitrogens is 2. The van der Waals surface area contributed by atoms with Crippen molar-refractivity contribution < 1.29 is 18.8 Å². The molecule has 1 heterocycles. The lowest BCUT2D eigenvalue weighted by Gasteiger charge is -2.11. The lowest BCUT2D eigenvalue weighted by Crippen LogP contribution is -2.10. The van der Waals surface area contributed by atoms with Crippen LogP contribution in [-0.4, -0.2) is 27.5 Å². The second-order valence-electron chi connectivity index (χ2n) is 7.00. The lowest BCUT2D eigenvalue weighted by molar-refractivity contribution is -0.383. The normalized spacial score (nSPS) is 10.6. The van der Waals surface area contributed by atoms with Crippen LogP contribution in [0.1, 0.15) is 24.2 Å². The monoisotopic (exact) mass is 425 g/mol. The third-order valence-electron chi connectivity index (χ3n) is 4.04. The molecule has 0 bridgehead atoms. The van der Waals surface area contributed by atoms with Gasteiger partial charge in [-0.3, -0.25) is 10.1 Å². The van der Waals surface area contributed by atoms with Crippen LogP contribution in [-0.2, 0) is 4.74 Å². The van der Waals surface area contributed by atoms with Crippen LogP contribution >= 0.6 is 0 Å². The van der Waals surface area contributed by atoms with Gasteiger partial charge in [-0.15, -0.1) is 0 Å². The maximum absolute atomic E-state index is 13.1. The zero-order valence-electron chi connectivity index (χ0n) is 16.8. The van der Waals surface area contributed by atoms with Gasteiger partial charge in [0.25, 0.3) is 0 Å². The largest absolute Gasteiger partial charge is 0.462 e. The molecule has 0 fully saturated rings. The summed E-state index contributed by atoms with van der Waals surface area (Å²) < 4.78 is 18.3. The molecule has 160 valence electrons. The van der Waals surface area contributed by atoms with Gasteiger partial charge in [-0.05, 0) is 54.4 Å². The van der Waals surface area contributed by atoms with Crippen molar-refractivity contribution in [3.8, 4) is 0 Å². The molecule has 0 unspecified atom stereocenters. The number of ether oxygens (including phenoxy) is 1. The Morgan fingerprint density at radius 2 is 1.55 bits per heavy atom. The van der Waals surface area contributed by atoms with Crippen LogP contribution in [0, 0.1) is 21.8 Å². The van der Waals surface area contributed by atoms with E-state index in [2.05, 4.69) is 20.6 Å². The summed E-state index contributed by atoms with van der Waals surface area (Å²) >= 11 is 0. The molecule has 1 aromatic heterocycles. The number of carbonyl (C=O) groups is 1. The van der Waals surface area contributed by atoms with Crippen LogP contribution in [0.2, 0.25) is 0 Å². The minimum Gasteiger partial charge on any atom is -0.462 e. The highest BCUT2D eigenvalue weighted by Gasteiger charge is 2.23. The van der Waals surface area contributed by atoms with Gasteiger partial charge in [0, 0.05) is 11.4 Å². The summed E-state index contributed by atoms with van der Waals surface area (Å²) in [6.07, 6.45) is 1.17. The molecule has 0 saturated carbocycles. The maximum Gasteiger partial charge on any atom is 0.353 e. The van der Waals surface area contributed by atoms with E-state index in [0.717, 1.165) is 0 Å². The summed E-state index contributed by atoms with van der Waals surface area (Å²) in [4.78, 5) is 31.0. The minimum absolute atomic E-state index is 0.0419. The summed E-state index contributed by atoms with van der Waals surface area (Å²) in [6.45, 7) is 4.19. The molecule has 3 aromatic rings. The molecule has 31 heavy (non-hydrogen) atoms. The Balaban J connectivity index is 1.80. The van der Waals surface area contributed by atoms with Gasteiger partial charge in [-0.25, -0.2) is 19.2 Å². The SMILES string of the molecule is CC(C)COC(=O)c1ccc(Nc2ncnc(Nc3ccc(F)cc3)c2[N+](=O)[O-])cc1. The molecule has 10 heteroatoms. The highest BCUT2D eigenvalue weighted by molar-refractivity contribution is 5.90. The van der Waals surface area contributed by atoms with Crippen molar-refractivity contribution in [2.45, 2.75) is 13.8 Å². The fourth-order valence-electron chi connectivity index (χ4n) is 2.56. The molecule has 0 amide bonds. The van der Waals surface area contributed by atoms with Gasteiger partial charge in [0.2, 0.25) is 11.6 Å². The van der Waals surface area contributed by atoms with E-state index in [1.54, 1.807) is 24.3 Å². The predicted octanol–water partition coefficient (Wildman–Crippen LogP) is 4.82. The van der Waals surface area contributed by atoms with Crippen molar-refractivity contribution in [3.05, 3.63) is 76.4 Å². The number of hydrogen-bond donors (Lipinski definition) is 2. The summed E-state index contributed by atoms with van der Waals surface area (Å²) in [5.74, 6) is -0.746. The summed E-state index contributed by atoms with van der Waals surface area (Å²) in [7, 11) is 0. The van der Waals surface area contributed by atoms with E-state index >= 15 is 0 Å². The van der Waals surface area contributed by atoms with Gasteiger partial charge < -0.3 is 15.4 Å². The summed E-state index contributed by atoms with van der Waals surface area (Å²) in [6, 6.07) is 11.6. The van der Waals surface area contributed by atoms with Gasteiger partial charge >= 0.3 is 11.7 Å². The molecule has 0 spiro atoms. The van der Waals surface area contributed by atoms with Gasteiger partial charge in [0.1, 0.15) is 12.1 Å². The van der Waals surface area contributed by atoms with E-state index in [-0.39, 0.29) is 23.2 Å². The molecular formula is C21H20FN5O4. The molecule has 0 radical (unpaired) electrons. The molecule has 9 nitrogen and oxygen atoms in total. The number of hydrogen-bond acceptors (Lipinski definition) is 8. The van der Waals surface area contributed by atoms with Crippen LogP contribution < -0.4 is 10.6 Å². The molecular weight excluding hydrogens is 405 g/mol. The number of rotatable bonds is 8. The number of carbonyl (C=O) groups excluding carboxylic acids is 1. The van der Waals surface area contributed by atoms with E-state index < -0.39 is 16.7 Å². The van der Waals surface area contributed by atoms with Crippen LogP contribution in [0.5, 0.6) is 0 Å². The number of nitrogens with one attached hydrogen (secondary N) is 2. The lowest BCUT2D eigenvalue weighted by atomic mass is 10.2. The van der Waals surface area contributed by atoms with Crippen molar-refractivity contribution in [1.29, 1.82) is 0 Å². The first-order chi connectivity index (χ1) is 14.8. The zero-order valence-corrected chi connectivity index (χ0v) is 16.8. The van der Waals surface area contributed by atoms with Crippen molar-refractivity contribution in [3.63, 3.8) is 0 Å². The molecule has 2 N–H and O–H groups in total. The quantitative estimate of drug-likeness (QED) is 0.299. The van der Waals surface area contributed by atoms with E-state index in [4.69, 9.17) is 4.74 Å². The van der Waals surface area contributed by atoms with E-state index in [1.165, 1.54) is 30.6 Å². The smallest absolute Gasteiger partial charge is 0.353 e. The van der Waals surface area contributed by atoms with Gasteiger partial charge in [-0.2, -0.15) is 0 Å². The summed E-state index contributed by atoms with van der Waals surface area (Å²) in [5, 5.41) is 17.3. The fraction of sp³-hybridized carbons (Fsp3) is 0.190. The van der Waals surface area contributed by atoms with Crippen LogP contribution in [0.25, 0.3) is 0 Å². The second-order valence-corrected chi connectivity index (χ2v) is 7.00. The number of nitrogens with zero attached hydrogens (tertiary/aromatic N) is 3. The summed E-state index contributed by atoms with van der Waals surface area (Å²) in [5.41, 5.74) is 0.891. The standard InChI is InChI=1S/C21H20FN5O4/c1-13(2)11-31-21(28)14-3-7-16(8-4-14)25-19-18(27(29)30)20(24-12-23-19)26-17-9-5-15(22)6-10-17/h3-10,12-13H,11H2,1-2H3,(H2,23,24,25,26). The highest BCUT2D eigenvalue weighted by Crippen LogP contribution is 2.33. The van der Waals surface area contributed by atoms with E-state index in [9.17, 15) is 19.3 Å². The van der Waals surface area contributed by atoms with Crippen molar-refractivity contribution >= 4 is 34.7 Å². The number of benzene rings is 2. The molecule has 3 rings (SSSR count). The van der Waals surface area contributed by atoms with Crippen LogP contribution in [0.3, 0.4) is 0 Å². The van der Waals surface area contributed by atoms with E-state index in [0.29, 0.717) is 23.5 Å². The predicted molar refractivity (Wildman–Crippen MR) is 113 cm³/mol. The number of anilines is 4. The molecule has 0 aliphatic rings. The third-order valence-corrected chi connectivity index (χ3v) is 4.04. The van der Waals surface area contributed by atoms with Crippen molar-refractivity contribution in [2.24, 2.45) is 5.92 Å². The first kappa shape index (κ1) is 21.6. The molecule has 0 saturated heterocycles. The Labute approximate surface area is 177 Å². The number of nitro groups is 1. The first-order valence-electron chi connectivity index (χ1n) is 9.39. The topological polar surface area (TPSA) is 119 Å². The average Bonchev–Trinajstić information content (AvgIpc) is 2.74. The van der Waals surface area contributed by atoms with E-state index in [1.807, 2.05) is 13.8 Å². The molecule has 2 aromatic carbocycles. The Hall–Kier alpha value is -4.08. The van der Waals surface area contributed by atoms with Gasteiger partial charge in [-0.1, -0.05) is 13.8 Å². The Morgan fingerprint density at radius 3 is 2.03 bits per heavy atom. The Bertz CT molecular complexity index is 1070. The number of halogens is 1. The second kappa shape index (κ2) is 9.61. The minimum atomic E-state index is -0.619. The highest BCUT2D eigenvalue weighted by atomic mass is 19.1.